The lowest BCUT2D eigenvalue weighted by Crippen LogP contribution is -2.59. The Bertz CT molecular complexity index is 730. The summed E-state index contributed by atoms with van der Waals surface area (Å²) in [5.74, 6) is 0.383. The maximum Gasteiger partial charge on any atom is 0.306 e. The first-order valence-electron chi connectivity index (χ1n) is 10.9. The van der Waals surface area contributed by atoms with Crippen molar-refractivity contribution in [1.82, 2.24) is 5.32 Å². The molecule has 0 aromatic carbocycles. The smallest absolute Gasteiger partial charge is 0.306 e. The van der Waals surface area contributed by atoms with E-state index in [1.54, 1.807) is 13.0 Å². The first kappa shape index (κ1) is 19.7. The second-order valence-corrected chi connectivity index (χ2v) is 10.3. The minimum atomic E-state index is -0.880. The third kappa shape index (κ3) is 2.84. The van der Waals surface area contributed by atoms with Crippen LogP contribution in [0.1, 0.15) is 65.7 Å². The summed E-state index contributed by atoms with van der Waals surface area (Å²) >= 11 is 0. The maximum absolute atomic E-state index is 13.0. The van der Waals surface area contributed by atoms with Crippen LogP contribution in [0, 0.1) is 40.4 Å². The van der Waals surface area contributed by atoms with Gasteiger partial charge in [-0.25, -0.2) is 0 Å². The van der Waals surface area contributed by atoms with Gasteiger partial charge < -0.3 is 10.4 Å². The average Bonchev–Trinajstić information content (AvgIpc) is 2.99. The van der Waals surface area contributed by atoms with E-state index in [0.717, 1.165) is 38.5 Å². The van der Waals surface area contributed by atoms with Gasteiger partial charge in [-0.2, -0.15) is 0 Å². The molecule has 1 heterocycles. The minimum absolute atomic E-state index is 0.00129. The molecule has 0 aromatic heterocycles. The predicted molar refractivity (Wildman–Crippen MR) is 105 cm³/mol. The summed E-state index contributed by atoms with van der Waals surface area (Å²) in [6.07, 6.45) is 10.2. The van der Waals surface area contributed by atoms with Crippen LogP contribution in [0.2, 0.25) is 0 Å². The van der Waals surface area contributed by atoms with Gasteiger partial charge in [-0.1, -0.05) is 26.8 Å². The average molecular weight is 388 g/mol. The van der Waals surface area contributed by atoms with E-state index in [1.807, 2.05) is 0 Å². The van der Waals surface area contributed by atoms with Crippen LogP contribution in [0.5, 0.6) is 0 Å². The highest BCUT2D eigenvalue weighted by atomic mass is 16.4. The second kappa shape index (κ2) is 6.70. The first-order valence-corrected chi connectivity index (χ1v) is 10.9. The van der Waals surface area contributed by atoms with Crippen molar-refractivity contribution in [3.8, 4) is 0 Å². The summed E-state index contributed by atoms with van der Waals surface area (Å²) in [6.45, 7) is 6.23. The number of carboxylic acids is 1. The summed E-state index contributed by atoms with van der Waals surface area (Å²) in [6, 6.07) is 0.228. The fourth-order valence-corrected chi connectivity index (χ4v) is 7.39. The molecule has 1 aliphatic heterocycles. The molecule has 4 aliphatic rings. The zero-order valence-corrected chi connectivity index (χ0v) is 17.2. The quantitative estimate of drug-likeness (QED) is 0.772. The molecule has 5 nitrogen and oxygen atoms in total. The van der Waals surface area contributed by atoms with Crippen molar-refractivity contribution in [3.63, 3.8) is 0 Å². The molecule has 154 valence electrons. The summed E-state index contributed by atoms with van der Waals surface area (Å²) in [5.41, 5.74) is 0.0133. The molecule has 3 aliphatic carbocycles. The second-order valence-electron chi connectivity index (χ2n) is 10.3. The normalized spacial score (nSPS) is 45.4. The molecular weight excluding hydrogens is 354 g/mol. The van der Waals surface area contributed by atoms with E-state index in [4.69, 9.17) is 0 Å². The molecule has 2 unspecified atom stereocenters. The number of rotatable bonds is 4. The van der Waals surface area contributed by atoms with E-state index in [0.29, 0.717) is 17.8 Å². The lowest BCUT2D eigenvalue weighted by molar-refractivity contribution is -0.144. The topological polar surface area (TPSA) is 83.5 Å². The van der Waals surface area contributed by atoms with Gasteiger partial charge in [0.2, 0.25) is 5.91 Å². The molecule has 0 radical (unpaired) electrons. The fourth-order valence-electron chi connectivity index (χ4n) is 7.39. The molecule has 28 heavy (non-hydrogen) atoms. The summed E-state index contributed by atoms with van der Waals surface area (Å²) in [4.78, 5) is 36.0. The summed E-state index contributed by atoms with van der Waals surface area (Å²) < 4.78 is 0. The number of amides is 1. The van der Waals surface area contributed by atoms with Crippen molar-refractivity contribution in [2.45, 2.75) is 71.8 Å². The van der Waals surface area contributed by atoms with Crippen molar-refractivity contribution >= 4 is 17.7 Å². The Labute approximate surface area is 167 Å². The van der Waals surface area contributed by atoms with Crippen LogP contribution in [-0.2, 0) is 14.4 Å². The van der Waals surface area contributed by atoms with Gasteiger partial charge in [0.05, 0.1) is 5.92 Å². The Morgan fingerprint density at radius 3 is 2.64 bits per heavy atom. The lowest BCUT2D eigenvalue weighted by atomic mass is 9.47. The summed E-state index contributed by atoms with van der Waals surface area (Å²) in [7, 11) is 0. The number of carbonyl (C=O) groups is 3. The van der Waals surface area contributed by atoms with Gasteiger partial charge in [0.25, 0.3) is 0 Å². The first-order chi connectivity index (χ1) is 13.2. The lowest BCUT2D eigenvalue weighted by Gasteiger charge is -2.58. The van der Waals surface area contributed by atoms with E-state index in [2.05, 4.69) is 25.2 Å². The number of aliphatic carboxylic acids is 1. The van der Waals surface area contributed by atoms with Crippen LogP contribution in [-0.4, -0.2) is 28.8 Å². The molecule has 0 spiro atoms. The Kier molecular flexibility index (Phi) is 4.71. The number of hydrogen-bond acceptors (Lipinski definition) is 3. The van der Waals surface area contributed by atoms with Crippen LogP contribution >= 0.6 is 0 Å². The zero-order valence-electron chi connectivity index (χ0n) is 17.2. The van der Waals surface area contributed by atoms with Crippen molar-refractivity contribution < 1.29 is 19.5 Å². The highest BCUT2D eigenvalue weighted by Crippen LogP contribution is 2.65. The SMILES string of the molecule is CC(CC(=O)C1CC[C@H]2[C@@H]3CC[C@H]4NC(=O)C=C[C@]4(C)[C@H]3CC[C@]12C)C(=O)O. The Morgan fingerprint density at radius 1 is 1.18 bits per heavy atom. The van der Waals surface area contributed by atoms with E-state index < -0.39 is 11.9 Å². The van der Waals surface area contributed by atoms with Crippen LogP contribution in [0.3, 0.4) is 0 Å². The molecule has 3 fully saturated rings. The van der Waals surface area contributed by atoms with E-state index in [-0.39, 0.29) is 40.9 Å². The van der Waals surface area contributed by atoms with Crippen molar-refractivity contribution in [2.75, 3.05) is 0 Å². The highest BCUT2D eigenvalue weighted by Gasteiger charge is 2.60. The standard InChI is InChI=1S/C23H33NO4/c1-13(21(27)28)12-18(25)17-6-5-15-14-4-7-19-23(3,11-9-20(26)24-19)16(14)8-10-22(15,17)2/h9,11,13-17,19H,4-8,10,12H2,1-3H3,(H,24,26)(H,27,28)/t13?,14-,15-,16-,17?,19+,22-,23+/m0/s1. The van der Waals surface area contributed by atoms with Crippen LogP contribution < -0.4 is 5.32 Å². The molecule has 5 heteroatoms. The predicted octanol–water partition coefficient (Wildman–Crippen LogP) is 3.58. The molecule has 8 atom stereocenters. The molecule has 4 rings (SSSR count). The molecule has 0 saturated heterocycles. The Hall–Kier alpha value is -1.65. The number of Topliss-reactive ketones (excluding diaryl/α,β-unsaturated/α-hetero) is 1. The Balaban J connectivity index is 1.55. The summed E-state index contributed by atoms with van der Waals surface area (Å²) in [5, 5.41) is 12.4. The largest absolute Gasteiger partial charge is 0.481 e. The van der Waals surface area contributed by atoms with Gasteiger partial charge in [-0.3, -0.25) is 14.4 Å². The number of nitrogens with one attached hydrogen (secondary N) is 1. The van der Waals surface area contributed by atoms with Gasteiger partial charge in [-0.15, -0.1) is 0 Å². The number of fused-ring (bicyclic) bond motifs is 5. The van der Waals surface area contributed by atoms with Gasteiger partial charge >= 0.3 is 5.97 Å². The zero-order chi connectivity index (χ0) is 20.3. The van der Waals surface area contributed by atoms with Crippen molar-refractivity contribution in [1.29, 1.82) is 0 Å². The third-order valence-corrected chi connectivity index (χ3v) is 9.00. The monoisotopic (exact) mass is 387 g/mol. The van der Waals surface area contributed by atoms with Gasteiger partial charge in [0.15, 0.2) is 0 Å². The molecule has 0 bridgehead atoms. The maximum atomic E-state index is 13.0. The fraction of sp³-hybridized carbons (Fsp3) is 0.783. The van der Waals surface area contributed by atoms with Gasteiger partial charge in [-0.05, 0) is 67.8 Å². The number of carboxylic acid groups (broad SMARTS) is 1. The molecular formula is C23H33NO4. The number of carbonyl (C=O) groups excluding carboxylic acids is 2. The number of hydrogen-bond donors (Lipinski definition) is 2. The number of ketones is 1. The minimum Gasteiger partial charge on any atom is -0.481 e. The third-order valence-electron chi connectivity index (χ3n) is 9.00. The molecule has 1 amide bonds. The van der Waals surface area contributed by atoms with Crippen LogP contribution in [0.25, 0.3) is 0 Å². The van der Waals surface area contributed by atoms with Crippen LogP contribution in [0.15, 0.2) is 12.2 Å². The van der Waals surface area contributed by atoms with Gasteiger partial charge in [0.1, 0.15) is 5.78 Å². The van der Waals surface area contributed by atoms with Crippen molar-refractivity contribution in [2.24, 2.45) is 40.4 Å². The molecule has 0 aromatic rings. The van der Waals surface area contributed by atoms with Crippen LogP contribution in [0.4, 0.5) is 0 Å². The highest BCUT2D eigenvalue weighted by molar-refractivity contribution is 5.89. The molecule has 3 saturated carbocycles. The molecule has 2 N–H and O–H groups in total. The van der Waals surface area contributed by atoms with Gasteiger partial charge in [0, 0.05) is 23.8 Å². The van der Waals surface area contributed by atoms with Crippen molar-refractivity contribution in [3.05, 3.63) is 12.2 Å². The van der Waals surface area contributed by atoms with E-state index in [1.165, 1.54) is 0 Å². The van der Waals surface area contributed by atoms with E-state index in [9.17, 15) is 19.5 Å². The van der Waals surface area contributed by atoms with E-state index >= 15 is 0 Å². The Morgan fingerprint density at radius 2 is 1.93 bits per heavy atom.